The smallest absolute Gasteiger partial charge is 0.0782 e. The molecule has 3 N–H and O–H groups in total. The van der Waals surface area contributed by atoms with Gasteiger partial charge in [-0.1, -0.05) is 39.0 Å². The zero-order valence-electron chi connectivity index (χ0n) is 14.5. The summed E-state index contributed by atoms with van der Waals surface area (Å²) in [4.78, 5) is 3.52. The van der Waals surface area contributed by atoms with Crippen LogP contribution >= 0.6 is 0 Å². The number of benzene rings is 1. The van der Waals surface area contributed by atoms with E-state index < -0.39 is 0 Å². The van der Waals surface area contributed by atoms with Crippen molar-refractivity contribution in [3.05, 3.63) is 55.2 Å². The first-order valence-corrected chi connectivity index (χ1v) is 8.80. The largest absolute Gasteiger partial charge is 0.475 e. The highest BCUT2D eigenvalue weighted by Gasteiger charge is 2.54. The predicted molar refractivity (Wildman–Crippen MR) is 96.2 cm³/mol. The maximum absolute atomic E-state index is 4.21. The van der Waals surface area contributed by atoms with Gasteiger partial charge in [-0.25, -0.2) is 0 Å². The van der Waals surface area contributed by atoms with E-state index in [0.29, 0.717) is 17.9 Å². The standard InChI is InChI=1S/C21H28N2/c1-6-21(4)11-10-15-18(19(21)22-5)13-12-23-16-9-7-8-14(17(13)16)20(15,2)3/h6-9,12,15,18-19,23H,1,5,10-11,22H2,2-4H3/t15-,18+,19-,21+/m1/s1. The molecule has 0 bridgehead atoms. The summed E-state index contributed by atoms with van der Waals surface area (Å²) in [6.45, 7) is 11.4. The molecule has 1 aromatic carbocycles. The van der Waals surface area contributed by atoms with Crippen LogP contribution in [0.15, 0.2) is 37.1 Å². The Kier molecular flexibility index (Phi) is 3.09. The maximum atomic E-state index is 4.21. The van der Waals surface area contributed by atoms with Crippen molar-refractivity contribution in [2.45, 2.75) is 51.0 Å². The molecule has 0 radical (unpaired) electrons. The molecule has 1 heterocycles. The van der Waals surface area contributed by atoms with E-state index in [-0.39, 0.29) is 10.8 Å². The predicted octanol–water partition coefficient (Wildman–Crippen LogP) is 3.87. The van der Waals surface area contributed by atoms with Crippen LogP contribution < -0.4 is 5.32 Å². The highest BCUT2D eigenvalue weighted by molar-refractivity contribution is 5.89. The Bertz CT molecular complexity index is 769. The third-order valence-corrected chi connectivity index (χ3v) is 7.01. The molecule has 2 heteroatoms. The number of fused-ring (bicyclic) bond motifs is 2. The number of hydrogen-bond donors (Lipinski definition) is 2. The number of quaternary nitrogens is 1. The fraction of sp³-hybridized carbons (Fsp3) is 0.476. The summed E-state index contributed by atoms with van der Waals surface area (Å²) < 4.78 is 0. The van der Waals surface area contributed by atoms with Crippen LogP contribution in [0.3, 0.4) is 0 Å². The third kappa shape index (κ3) is 1.79. The molecule has 0 unspecified atom stereocenters. The van der Waals surface area contributed by atoms with Crippen molar-refractivity contribution < 1.29 is 5.32 Å². The Morgan fingerprint density at radius 2 is 2.13 bits per heavy atom. The second-order valence-corrected chi connectivity index (χ2v) is 8.34. The van der Waals surface area contributed by atoms with Crippen LogP contribution in [0.2, 0.25) is 0 Å². The summed E-state index contributed by atoms with van der Waals surface area (Å²) in [7, 11) is 4.21. The van der Waals surface area contributed by atoms with E-state index in [1.807, 2.05) is 0 Å². The van der Waals surface area contributed by atoms with Gasteiger partial charge >= 0.3 is 0 Å². The van der Waals surface area contributed by atoms with Gasteiger partial charge in [-0.05, 0) is 41.4 Å². The summed E-state index contributed by atoms with van der Waals surface area (Å²) in [6.07, 6.45) is 6.89. The number of nitrogens with two attached hydrogens (primary N) is 1. The van der Waals surface area contributed by atoms with E-state index in [0.717, 1.165) is 0 Å². The first-order valence-electron chi connectivity index (χ1n) is 8.80. The van der Waals surface area contributed by atoms with Gasteiger partial charge in [-0.2, -0.15) is 7.05 Å². The van der Waals surface area contributed by atoms with Gasteiger partial charge in [0.15, 0.2) is 0 Å². The first kappa shape index (κ1) is 15.0. The van der Waals surface area contributed by atoms with Crippen LogP contribution in [0.5, 0.6) is 0 Å². The van der Waals surface area contributed by atoms with E-state index in [4.69, 9.17) is 0 Å². The number of rotatable bonds is 2. The van der Waals surface area contributed by atoms with Gasteiger partial charge in [0, 0.05) is 28.4 Å². The van der Waals surface area contributed by atoms with Gasteiger partial charge in [0.05, 0.1) is 6.04 Å². The molecule has 0 aliphatic heterocycles. The molecule has 23 heavy (non-hydrogen) atoms. The molecule has 4 rings (SSSR count). The minimum absolute atomic E-state index is 0.148. The lowest BCUT2D eigenvalue weighted by Gasteiger charge is -2.54. The second-order valence-electron chi connectivity index (χ2n) is 8.34. The van der Waals surface area contributed by atoms with Crippen molar-refractivity contribution in [1.29, 1.82) is 0 Å². The fourth-order valence-corrected chi connectivity index (χ4v) is 5.56. The van der Waals surface area contributed by atoms with Crippen LogP contribution in [0.25, 0.3) is 10.9 Å². The normalized spacial score (nSPS) is 35.0. The summed E-state index contributed by atoms with van der Waals surface area (Å²) in [5.74, 6) is 1.19. The quantitative estimate of drug-likeness (QED) is 0.624. The Morgan fingerprint density at radius 3 is 2.83 bits per heavy atom. The Balaban J connectivity index is 2.00. The molecular formula is C21H28N2. The fourth-order valence-electron chi connectivity index (χ4n) is 5.56. The van der Waals surface area contributed by atoms with Crippen LogP contribution in [-0.2, 0) is 5.41 Å². The van der Waals surface area contributed by atoms with Gasteiger partial charge < -0.3 is 10.3 Å². The van der Waals surface area contributed by atoms with Crippen molar-refractivity contribution in [2.24, 2.45) is 11.3 Å². The summed E-state index contributed by atoms with van der Waals surface area (Å²) in [6, 6.07) is 7.18. The third-order valence-electron chi connectivity index (χ3n) is 7.01. The van der Waals surface area contributed by atoms with Gasteiger partial charge in [-0.15, -0.1) is 6.58 Å². The van der Waals surface area contributed by atoms with Gasteiger partial charge in [0.1, 0.15) is 0 Å². The van der Waals surface area contributed by atoms with Gasteiger partial charge in [0.25, 0.3) is 0 Å². The monoisotopic (exact) mass is 308 g/mol. The molecule has 1 aromatic heterocycles. The number of H-pyrrole nitrogens is 1. The molecule has 2 aromatic rings. The number of aromatic amines is 1. The zero-order chi connectivity index (χ0) is 16.4. The van der Waals surface area contributed by atoms with Crippen molar-refractivity contribution >= 4 is 10.9 Å². The minimum atomic E-state index is 0.148. The molecule has 1 fully saturated rings. The molecule has 0 saturated heterocycles. The molecule has 1 saturated carbocycles. The Hall–Kier alpha value is -1.54. The van der Waals surface area contributed by atoms with E-state index >= 15 is 0 Å². The highest BCUT2D eigenvalue weighted by atomic mass is 14.9. The lowest BCUT2D eigenvalue weighted by atomic mass is 9.51. The summed E-state index contributed by atoms with van der Waals surface area (Å²) in [5.41, 5.74) is 4.63. The highest BCUT2D eigenvalue weighted by Crippen LogP contribution is 2.58. The van der Waals surface area contributed by atoms with Crippen molar-refractivity contribution in [1.82, 2.24) is 4.98 Å². The van der Waals surface area contributed by atoms with Crippen LogP contribution in [0, 0.1) is 18.4 Å². The van der Waals surface area contributed by atoms with Gasteiger partial charge in [0.2, 0.25) is 0 Å². The first-order chi connectivity index (χ1) is 10.9. The molecule has 0 spiro atoms. The molecule has 4 atom stereocenters. The SMILES string of the molecule is C=C[C@@]1(C)CC[C@@H]2[C@H](c3c[nH]c4cccc(c34)C2(C)C)[C@H]1[NH2+][CH2-]. The molecular weight excluding hydrogens is 280 g/mol. The molecule has 2 aliphatic carbocycles. The lowest BCUT2D eigenvalue weighted by Crippen LogP contribution is -2.90. The van der Waals surface area contributed by atoms with Crippen LogP contribution in [0.1, 0.15) is 50.7 Å². The molecule has 0 amide bonds. The van der Waals surface area contributed by atoms with Crippen LogP contribution in [0.4, 0.5) is 0 Å². The van der Waals surface area contributed by atoms with Crippen molar-refractivity contribution in [3.63, 3.8) is 0 Å². The van der Waals surface area contributed by atoms with Crippen molar-refractivity contribution in [3.8, 4) is 0 Å². The topological polar surface area (TPSA) is 32.4 Å². The van der Waals surface area contributed by atoms with E-state index in [2.05, 4.69) is 75.2 Å². The summed E-state index contributed by atoms with van der Waals surface area (Å²) >= 11 is 0. The van der Waals surface area contributed by atoms with E-state index in [1.165, 1.54) is 34.9 Å². The maximum Gasteiger partial charge on any atom is 0.0782 e. The van der Waals surface area contributed by atoms with Crippen LogP contribution in [-0.4, -0.2) is 11.0 Å². The minimum Gasteiger partial charge on any atom is -0.475 e. The van der Waals surface area contributed by atoms with E-state index in [9.17, 15) is 0 Å². The summed E-state index contributed by atoms with van der Waals surface area (Å²) in [5, 5.41) is 3.65. The Morgan fingerprint density at radius 1 is 1.35 bits per heavy atom. The molecule has 2 aliphatic rings. The number of nitrogens with one attached hydrogen (secondary N) is 1. The number of hydrogen-bond acceptors (Lipinski definition) is 0. The molecule has 2 nitrogen and oxygen atoms in total. The zero-order valence-corrected chi connectivity index (χ0v) is 14.5. The second kappa shape index (κ2) is 4.73. The average Bonchev–Trinajstić information content (AvgIpc) is 2.97. The average molecular weight is 308 g/mol. The van der Waals surface area contributed by atoms with E-state index in [1.54, 1.807) is 0 Å². The van der Waals surface area contributed by atoms with Crippen molar-refractivity contribution in [2.75, 3.05) is 0 Å². The van der Waals surface area contributed by atoms with Gasteiger partial charge in [-0.3, -0.25) is 0 Å². The number of aromatic nitrogens is 1. The Labute approximate surface area is 139 Å². The molecule has 122 valence electrons. The lowest BCUT2D eigenvalue weighted by molar-refractivity contribution is -0.654.